The second-order valence-electron chi connectivity index (χ2n) is 9.91. The smallest absolute Gasteiger partial charge is 0.245 e. The molecule has 176 valence electrons. The predicted molar refractivity (Wildman–Crippen MR) is 127 cm³/mol. The SMILES string of the molecule is Cc1nc(NC(=O)CN(CCCN2CCOCC2)C(=O)CC(C)CC(C)(C)C)sc1C. The number of aryl methyl sites for hydroxylation is 2. The normalized spacial score (nSPS) is 16.2. The van der Waals surface area contributed by atoms with Crippen LogP contribution in [0, 0.1) is 25.2 Å². The van der Waals surface area contributed by atoms with Crippen LogP contribution in [0.3, 0.4) is 0 Å². The molecule has 2 rings (SSSR count). The van der Waals surface area contributed by atoms with Crippen LogP contribution in [0.15, 0.2) is 0 Å². The molecule has 8 heteroatoms. The van der Waals surface area contributed by atoms with Gasteiger partial charge in [0.25, 0.3) is 0 Å². The first-order chi connectivity index (χ1) is 14.5. The van der Waals surface area contributed by atoms with Crippen LogP contribution < -0.4 is 5.32 Å². The third kappa shape index (κ3) is 9.66. The number of rotatable bonds is 10. The molecular formula is C23H40N4O3S. The molecule has 1 unspecified atom stereocenters. The third-order valence-corrected chi connectivity index (χ3v) is 6.44. The molecule has 0 aliphatic carbocycles. The molecule has 0 saturated carbocycles. The lowest BCUT2D eigenvalue weighted by molar-refractivity contribution is -0.135. The Balaban J connectivity index is 1.94. The van der Waals surface area contributed by atoms with E-state index in [1.165, 1.54) is 11.3 Å². The molecule has 2 heterocycles. The first kappa shape index (κ1) is 25.7. The molecular weight excluding hydrogens is 412 g/mol. The van der Waals surface area contributed by atoms with Crippen LogP contribution in [0.2, 0.25) is 0 Å². The Bertz CT molecular complexity index is 703. The first-order valence-electron chi connectivity index (χ1n) is 11.4. The maximum absolute atomic E-state index is 13.1. The number of morpholine rings is 1. The summed E-state index contributed by atoms with van der Waals surface area (Å²) in [5.41, 5.74) is 1.11. The maximum Gasteiger partial charge on any atom is 0.245 e. The van der Waals surface area contributed by atoms with Gasteiger partial charge in [0.15, 0.2) is 5.13 Å². The fourth-order valence-corrected chi connectivity index (χ4v) is 4.84. The van der Waals surface area contributed by atoms with Gasteiger partial charge < -0.3 is 15.0 Å². The minimum atomic E-state index is -0.183. The molecule has 0 spiro atoms. The Morgan fingerprint density at radius 1 is 1.26 bits per heavy atom. The molecule has 1 aromatic heterocycles. The lowest BCUT2D eigenvalue weighted by atomic mass is 9.84. The summed E-state index contributed by atoms with van der Waals surface area (Å²) < 4.78 is 5.40. The monoisotopic (exact) mass is 452 g/mol. The highest BCUT2D eigenvalue weighted by Crippen LogP contribution is 2.26. The summed E-state index contributed by atoms with van der Waals surface area (Å²) in [7, 11) is 0. The van der Waals surface area contributed by atoms with E-state index in [0.717, 1.165) is 56.3 Å². The van der Waals surface area contributed by atoms with Crippen LogP contribution in [0.5, 0.6) is 0 Å². The van der Waals surface area contributed by atoms with Crippen LogP contribution in [0.1, 0.15) is 57.5 Å². The Kier molecular flexibility index (Phi) is 9.90. The van der Waals surface area contributed by atoms with Crippen molar-refractivity contribution < 1.29 is 14.3 Å². The third-order valence-electron chi connectivity index (χ3n) is 5.45. The van der Waals surface area contributed by atoms with E-state index >= 15 is 0 Å². The van der Waals surface area contributed by atoms with Crippen molar-refractivity contribution in [3.05, 3.63) is 10.6 Å². The highest BCUT2D eigenvalue weighted by molar-refractivity contribution is 7.15. The van der Waals surface area contributed by atoms with Gasteiger partial charge in [-0.1, -0.05) is 27.7 Å². The van der Waals surface area contributed by atoms with Gasteiger partial charge in [0.1, 0.15) is 0 Å². The average Bonchev–Trinajstić information content (AvgIpc) is 2.97. The van der Waals surface area contributed by atoms with Crippen molar-refractivity contribution in [3.63, 3.8) is 0 Å². The van der Waals surface area contributed by atoms with Gasteiger partial charge in [-0.25, -0.2) is 4.98 Å². The number of ether oxygens (including phenoxy) is 1. The van der Waals surface area contributed by atoms with Crippen molar-refractivity contribution in [2.45, 2.75) is 60.8 Å². The number of nitrogens with one attached hydrogen (secondary N) is 1. The maximum atomic E-state index is 13.1. The van der Waals surface area contributed by atoms with Crippen molar-refractivity contribution in [1.82, 2.24) is 14.8 Å². The molecule has 1 aliphatic heterocycles. The molecule has 1 fully saturated rings. The quantitative estimate of drug-likeness (QED) is 0.586. The van der Waals surface area contributed by atoms with Gasteiger partial charge in [0.05, 0.1) is 25.5 Å². The molecule has 7 nitrogen and oxygen atoms in total. The Hall–Kier alpha value is -1.51. The molecule has 1 aliphatic rings. The van der Waals surface area contributed by atoms with Gasteiger partial charge in [0, 0.05) is 37.5 Å². The lowest BCUT2D eigenvalue weighted by Gasteiger charge is -2.29. The number of carbonyl (C=O) groups excluding carboxylic acids is 2. The van der Waals surface area contributed by atoms with E-state index in [1.54, 1.807) is 4.90 Å². The largest absolute Gasteiger partial charge is 0.379 e. The van der Waals surface area contributed by atoms with E-state index in [4.69, 9.17) is 4.74 Å². The zero-order chi connectivity index (χ0) is 23.0. The predicted octanol–water partition coefficient (Wildman–Crippen LogP) is 3.71. The summed E-state index contributed by atoms with van der Waals surface area (Å²) >= 11 is 1.47. The van der Waals surface area contributed by atoms with Gasteiger partial charge in [-0.05, 0) is 38.0 Å². The number of aromatic nitrogens is 1. The number of hydrogen-bond acceptors (Lipinski definition) is 6. The summed E-state index contributed by atoms with van der Waals surface area (Å²) in [6.45, 7) is 17.6. The number of thiazole rings is 1. The molecule has 1 saturated heterocycles. The molecule has 1 atom stereocenters. The van der Waals surface area contributed by atoms with E-state index in [0.29, 0.717) is 18.1 Å². The van der Waals surface area contributed by atoms with Crippen molar-refractivity contribution in [3.8, 4) is 0 Å². The first-order valence-corrected chi connectivity index (χ1v) is 12.2. The van der Waals surface area contributed by atoms with Crippen molar-refractivity contribution in [2.24, 2.45) is 11.3 Å². The molecule has 1 N–H and O–H groups in total. The average molecular weight is 453 g/mol. The Morgan fingerprint density at radius 2 is 1.94 bits per heavy atom. The summed E-state index contributed by atoms with van der Waals surface area (Å²) in [4.78, 5) is 35.3. The molecule has 2 amide bonds. The Labute approximate surface area is 191 Å². The number of hydrogen-bond donors (Lipinski definition) is 1. The summed E-state index contributed by atoms with van der Waals surface area (Å²) in [5, 5.41) is 3.47. The van der Waals surface area contributed by atoms with E-state index in [2.05, 4.69) is 42.9 Å². The van der Waals surface area contributed by atoms with Crippen molar-refractivity contribution in [2.75, 3.05) is 51.3 Å². The van der Waals surface area contributed by atoms with Crippen molar-refractivity contribution >= 4 is 28.3 Å². The number of anilines is 1. The van der Waals surface area contributed by atoms with Crippen LogP contribution in [0.4, 0.5) is 5.13 Å². The minimum absolute atomic E-state index is 0.0559. The van der Waals surface area contributed by atoms with E-state index in [1.807, 2.05) is 13.8 Å². The standard InChI is InChI=1S/C23H40N4O3S/c1-17(15-23(4,5)6)14-21(29)27(9-7-8-26-10-12-30-13-11-26)16-20(28)25-22-24-18(2)19(3)31-22/h17H,7-16H2,1-6H3,(H,24,25,28). The van der Waals surface area contributed by atoms with Crippen molar-refractivity contribution in [1.29, 1.82) is 0 Å². The highest BCUT2D eigenvalue weighted by atomic mass is 32.1. The second kappa shape index (κ2) is 11.9. The summed E-state index contributed by atoms with van der Waals surface area (Å²) in [6, 6.07) is 0. The zero-order valence-corrected chi connectivity index (χ0v) is 20.9. The number of amides is 2. The van der Waals surface area contributed by atoms with E-state index in [-0.39, 0.29) is 29.7 Å². The van der Waals surface area contributed by atoms with Crippen LogP contribution >= 0.6 is 11.3 Å². The summed E-state index contributed by atoms with van der Waals surface area (Å²) in [5.74, 6) is 0.152. The molecule has 31 heavy (non-hydrogen) atoms. The van der Waals surface area contributed by atoms with Gasteiger partial charge in [-0.15, -0.1) is 11.3 Å². The van der Waals surface area contributed by atoms with Crippen LogP contribution in [0.25, 0.3) is 0 Å². The topological polar surface area (TPSA) is 74.8 Å². The lowest BCUT2D eigenvalue weighted by Crippen LogP contribution is -2.42. The zero-order valence-electron chi connectivity index (χ0n) is 20.1. The minimum Gasteiger partial charge on any atom is -0.379 e. The van der Waals surface area contributed by atoms with E-state index in [9.17, 15) is 9.59 Å². The van der Waals surface area contributed by atoms with Crippen LogP contribution in [-0.4, -0.2) is 72.5 Å². The highest BCUT2D eigenvalue weighted by Gasteiger charge is 2.23. The Morgan fingerprint density at radius 3 is 2.52 bits per heavy atom. The molecule has 0 radical (unpaired) electrons. The molecule has 0 bridgehead atoms. The van der Waals surface area contributed by atoms with Crippen LogP contribution in [-0.2, 0) is 14.3 Å². The van der Waals surface area contributed by atoms with E-state index < -0.39 is 0 Å². The molecule has 0 aromatic carbocycles. The molecule has 1 aromatic rings. The fourth-order valence-electron chi connectivity index (χ4n) is 4.00. The van der Waals surface area contributed by atoms with Gasteiger partial charge >= 0.3 is 0 Å². The second-order valence-corrected chi connectivity index (χ2v) is 11.1. The van der Waals surface area contributed by atoms with Gasteiger partial charge in [-0.2, -0.15) is 0 Å². The summed E-state index contributed by atoms with van der Waals surface area (Å²) in [6.07, 6.45) is 2.30. The fraction of sp³-hybridized carbons (Fsp3) is 0.783. The number of carbonyl (C=O) groups is 2. The van der Waals surface area contributed by atoms with Gasteiger partial charge in [-0.3, -0.25) is 14.5 Å². The van der Waals surface area contributed by atoms with Gasteiger partial charge in [0.2, 0.25) is 11.8 Å². The number of nitrogens with zero attached hydrogens (tertiary/aromatic N) is 3.